The number of nitrogens with zero attached hydrogens (tertiary/aromatic N) is 2. The Morgan fingerprint density at radius 3 is 2.48 bits per heavy atom. The van der Waals surface area contributed by atoms with Crippen LogP contribution in [0.5, 0.6) is 0 Å². The normalized spacial score (nSPS) is 10.9. The Hall–Kier alpha value is -2.53. The number of nitrogens with one attached hydrogen (secondary N) is 1. The Kier molecular flexibility index (Phi) is 4.21. The number of hydrogen-bond donors (Lipinski definition) is 1. The largest absolute Gasteiger partial charge is 0.338 e. The summed E-state index contributed by atoms with van der Waals surface area (Å²) in [7, 11) is 0. The first kappa shape index (κ1) is 15.4. The summed E-state index contributed by atoms with van der Waals surface area (Å²) in [6, 6.07) is 10.5. The second-order valence-corrected chi connectivity index (χ2v) is 5.64. The van der Waals surface area contributed by atoms with E-state index in [4.69, 9.17) is 11.6 Å². The molecule has 0 aliphatic rings. The molecule has 2 aromatic heterocycles. The average molecular weight is 330 g/mol. The van der Waals surface area contributed by atoms with Crippen LogP contribution in [-0.4, -0.2) is 15.0 Å². The highest BCUT2D eigenvalue weighted by Gasteiger charge is 2.09. The molecule has 0 aliphatic carbocycles. The molecule has 118 valence electrons. The van der Waals surface area contributed by atoms with Crippen molar-refractivity contribution in [2.24, 2.45) is 0 Å². The minimum Gasteiger partial charge on any atom is -0.338 e. The molecule has 0 saturated carbocycles. The molecule has 5 nitrogen and oxygen atoms in total. The molecule has 0 bridgehead atoms. The molecule has 0 aliphatic heterocycles. The van der Waals surface area contributed by atoms with Gasteiger partial charge in [-0.1, -0.05) is 11.6 Å². The smallest absolute Gasteiger partial charge is 0.259 e. The van der Waals surface area contributed by atoms with E-state index in [0.29, 0.717) is 22.6 Å². The maximum Gasteiger partial charge on any atom is 0.259 e. The van der Waals surface area contributed by atoms with Crippen molar-refractivity contribution in [2.75, 3.05) is 5.32 Å². The van der Waals surface area contributed by atoms with Gasteiger partial charge in [-0.2, -0.15) is 0 Å². The van der Waals surface area contributed by atoms with Crippen molar-refractivity contribution in [3.63, 3.8) is 0 Å². The van der Waals surface area contributed by atoms with E-state index in [1.807, 2.05) is 13.0 Å². The third-order valence-electron chi connectivity index (χ3n) is 3.69. The summed E-state index contributed by atoms with van der Waals surface area (Å²) in [5.74, 6) is -0.163. The van der Waals surface area contributed by atoms with Gasteiger partial charge in [-0.3, -0.25) is 9.59 Å². The van der Waals surface area contributed by atoms with Crippen molar-refractivity contribution < 1.29 is 4.79 Å². The Balaban J connectivity index is 1.81. The average Bonchev–Trinajstić information content (AvgIpc) is 2.94. The number of pyridine rings is 1. The van der Waals surface area contributed by atoms with Crippen molar-refractivity contribution in [1.82, 2.24) is 9.13 Å². The molecule has 0 fully saturated rings. The molecule has 1 aromatic carbocycles. The zero-order valence-corrected chi connectivity index (χ0v) is 13.4. The number of benzene rings is 1. The van der Waals surface area contributed by atoms with E-state index in [2.05, 4.69) is 5.32 Å². The van der Waals surface area contributed by atoms with Crippen LogP contribution in [0.15, 0.2) is 53.6 Å². The highest BCUT2D eigenvalue weighted by atomic mass is 35.5. The highest BCUT2D eigenvalue weighted by molar-refractivity contribution is 6.30. The predicted octanol–water partition coefficient (Wildman–Crippen LogP) is 3.12. The van der Waals surface area contributed by atoms with Gasteiger partial charge in [-0.05, 0) is 43.3 Å². The van der Waals surface area contributed by atoms with Gasteiger partial charge in [0.25, 0.3) is 5.56 Å². The number of rotatable bonds is 4. The van der Waals surface area contributed by atoms with E-state index in [0.717, 1.165) is 5.52 Å². The number of hydrogen-bond acceptors (Lipinski definition) is 2. The minimum atomic E-state index is -0.163. The van der Waals surface area contributed by atoms with E-state index in [9.17, 15) is 9.59 Å². The first-order chi connectivity index (χ1) is 11.1. The summed E-state index contributed by atoms with van der Waals surface area (Å²) < 4.78 is 3.41. The monoisotopic (exact) mass is 329 g/mol. The molecule has 1 amide bonds. The molecule has 1 N–H and O–H groups in total. The lowest BCUT2D eigenvalue weighted by atomic mass is 10.3. The number of amides is 1. The van der Waals surface area contributed by atoms with Crippen LogP contribution in [0.4, 0.5) is 5.69 Å². The zero-order valence-electron chi connectivity index (χ0n) is 12.6. The zero-order chi connectivity index (χ0) is 16.4. The summed E-state index contributed by atoms with van der Waals surface area (Å²) in [4.78, 5) is 24.4. The molecule has 6 heteroatoms. The van der Waals surface area contributed by atoms with E-state index in [1.54, 1.807) is 51.9 Å². The SMILES string of the molecule is CCn1ccc2c(ccn2CC(=O)Nc2ccc(Cl)cc2)c1=O. The van der Waals surface area contributed by atoms with E-state index in [1.165, 1.54) is 0 Å². The second kappa shape index (κ2) is 6.30. The fraction of sp³-hybridized carbons (Fsp3) is 0.176. The van der Waals surface area contributed by atoms with Gasteiger partial charge in [0.05, 0.1) is 10.9 Å². The molecule has 0 spiro atoms. The number of carbonyl (C=O) groups is 1. The first-order valence-corrected chi connectivity index (χ1v) is 7.70. The predicted molar refractivity (Wildman–Crippen MR) is 92.0 cm³/mol. The maximum absolute atomic E-state index is 12.2. The van der Waals surface area contributed by atoms with Crippen LogP contribution in [0.2, 0.25) is 5.02 Å². The molecule has 0 unspecified atom stereocenters. The second-order valence-electron chi connectivity index (χ2n) is 5.20. The fourth-order valence-corrected chi connectivity index (χ4v) is 2.64. The first-order valence-electron chi connectivity index (χ1n) is 7.32. The molecule has 23 heavy (non-hydrogen) atoms. The number of halogens is 1. The lowest BCUT2D eigenvalue weighted by Crippen LogP contribution is -2.20. The number of aromatic nitrogens is 2. The van der Waals surface area contributed by atoms with E-state index < -0.39 is 0 Å². The maximum atomic E-state index is 12.2. The summed E-state index contributed by atoms with van der Waals surface area (Å²) in [5.41, 5.74) is 1.40. The van der Waals surface area contributed by atoms with E-state index >= 15 is 0 Å². The molecule has 0 radical (unpaired) electrons. The third-order valence-corrected chi connectivity index (χ3v) is 3.94. The van der Waals surface area contributed by atoms with Crippen molar-refractivity contribution >= 4 is 34.1 Å². The molecule has 3 aromatic rings. The summed E-state index contributed by atoms with van der Waals surface area (Å²) >= 11 is 5.82. The lowest BCUT2D eigenvalue weighted by molar-refractivity contribution is -0.116. The lowest BCUT2D eigenvalue weighted by Gasteiger charge is -2.08. The summed E-state index contributed by atoms with van der Waals surface area (Å²) in [6.45, 7) is 2.68. The van der Waals surface area contributed by atoms with Crippen LogP contribution in [0.3, 0.4) is 0 Å². The number of carbonyl (C=O) groups excluding carboxylic acids is 1. The Morgan fingerprint density at radius 1 is 1.09 bits per heavy atom. The molecule has 2 heterocycles. The van der Waals surface area contributed by atoms with Crippen LogP contribution in [0.1, 0.15) is 6.92 Å². The van der Waals surface area contributed by atoms with Crippen molar-refractivity contribution in [3.8, 4) is 0 Å². The fourth-order valence-electron chi connectivity index (χ4n) is 2.51. The van der Waals surface area contributed by atoms with Gasteiger partial charge in [0.2, 0.25) is 5.91 Å². The molecular formula is C17H16ClN3O2. The third kappa shape index (κ3) is 3.14. The standard InChI is InChI=1S/C17H16ClN3O2/c1-2-20-10-8-15-14(17(20)23)7-9-21(15)11-16(22)19-13-5-3-12(18)4-6-13/h3-10H,2,11H2,1H3,(H,19,22). The Labute approximate surface area is 138 Å². The van der Waals surface area contributed by atoms with Crippen LogP contribution in [0.25, 0.3) is 10.9 Å². The van der Waals surface area contributed by atoms with Gasteiger partial charge >= 0.3 is 0 Å². The topological polar surface area (TPSA) is 56.0 Å². The Bertz CT molecular complexity index is 910. The summed E-state index contributed by atoms with van der Waals surface area (Å²) in [6.07, 6.45) is 3.51. The van der Waals surface area contributed by atoms with Crippen LogP contribution >= 0.6 is 11.6 Å². The van der Waals surface area contributed by atoms with Gasteiger partial charge in [-0.15, -0.1) is 0 Å². The number of aryl methyl sites for hydroxylation is 1. The van der Waals surface area contributed by atoms with Crippen LogP contribution < -0.4 is 10.9 Å². The van der Waals surface area contributed by atoms with Crippen LogP contribution in [-0.2, 0) is 17.9 Å². The van der Waals surface area contributed by atoms with Crippen molar-refractivity contribution in [1.29, 1.82) is 0 Å². The highest BCUT2D eigenvalue weighted by Crippen LogP contribution is 2.15. The number of fused-ring (bicyclic) bond motifs is 1. The van der Waals surface area contributed by atoms with Gasteiger partial charge in [-0.25, -0.2) is 0 Å². The van der Waals surface area contributed by atoms with Crippen LogP contribution in [0, 0.1) is 0 Å². The Morgan fingerprint density at radius 2 is 1.78 bits per heavy atom. The quantitative estimate of drug-likeness (QED) is 0.799. The van der Waals surface area contributed by atoms with Crippen molar-refractivity contribution in [3.05, 3.63) is 64.2 Å². The van der Waals surface area contributed by atoms with Crippen molar-refractivity contribution in [2.45, 2.75) is 20.0 Å². The van der Waals surface area contributed by atoms with Gasteiger partial charge in [0.1, 0.15) is 6.54 Å². The summed E-state index contributed by atoms with van der Waals surface area (Å²) in [5, 5.41) is 4.04. The van der Waals surface area contributed by atoms with E-state index in [-0.39, 0.29) is 18.0 Å². The van der Waals surface area contributed by atoms with Gasteiger partial charge in [0, 0.05) is 29.6 Å². The molecular weight excluding hydrogens is 314 g/mol. The molecule has 0 atom stereocenters. The van der Waals surface area contributed by atoms with Gasteiger partial charge < -0.3 is 14.5 Å². The van der Waals surface area contributed by atoms with Gasteiger partial charge in [0.15, 0.2) is 0 Å². The molecule has 3 rings (SSSR count). The number of anilines is 1. The minimum absolute atomic E-state index is 0.0399. The molecule has 0 saturated heterocycles.